The molecule has 0 unspecified atom stereocenters. The second kappa shape index (κ2) is 10.3. The third-order valence-electron chi connectivity index (χ3n) is 3.66. The van der Waals surface area contributed by atoms with Crippen LogP contribution < -0.4 is 4.72 Å². The molecule has 1 heterocycles. The van der Waals surface area contributed by atoms with Gasteiger partial charge in [-0.3, -0.25) is 0 Å². The summed E-state index contributed by atoms with van der Waals surface area (Å²) in [4.78, 5) is 0. The van der Waals surface area contributed by atoms with E-state index in [1.165, 1.54) is 18.8 Å². The molecular weight excluding hydrogens is 396 g/mol. The molecule has 1 N–H and O–H groups in total. The van der Waals surface area contributed by atoms with Crippen molar-refractivity contribution < 1.29 is 13.2 Å². The maximum Gasteiger partial charge on any atom is 0.211 e. The molecule has 0 aliphatic carbocycles. The van der Waals surface area contributed by atoms with Crippen molar-refractivity contribution in [2.75, 3.05) is 32.3 Å². The fourth-order valence-electron chi connectivity index (χ4n) is 2.32. The highest BCUT2D eigenvalue weighted by Crippen LogP contribution is 2.29. The lowest BCUT2D eigenvalue weighted by Crippen LogP contribution is -2.22. The first-order chi connectivity index (χ1) is 12.5. The fourth-order valence-corrected chi connectivity index (χ4v) is 4.36. The molecule has 1 aromatic carbocycles. The smallest absolute Gasteiger partial charge is 0.211 e. The van der Waals surface area contributed by atoms with Crippen LogP contribution >= 0.6 is 23.4 Å². The summed E-state index contributed by atoms with van der Waals surface area (Å²) in [6.45, 7) is 1.32. The number of nitrogens with zero attached hydrogens (tertiary/aromatic N) is 3. The quantitative estimate of drug-likeness (QED) is 0.446. The van der Waals surface area contributed by atoms with Crippen molar-refractivity contribution in [1.29, 1.82) is 0 Å². The van der Waals surface area contributed by atoms with E-state index in [0.717, 1.165) is 17.1 Å². The van der Waals surface area contributed by atoms with Crippen molar-refractivity contribution in [2.24, 2.45) is 0 Å². The third kappa shape index (κ3) is 5.95. The van der Waals surface area contributed by atoms with Crippen molar-refractivity contribution in [3.8, 4) is 11.4 Å². The normalized spacial score (nSPS) is 11.8. The Balaban J connectivity index is 2.14. The van der Waals surface area contributed by atoms with Crippen LogP contribution in [0.3, 0.4) is 0 Å². The number of thioether (sulfide) groups is 1. The van der Waals surface area contributed by atoms with E-state index in [4.69, 9.17) is 16.3 Å². The Morgan fingerprint density at radius 2 is 2.04 bits per heavy atom. The number of aromatic nitrogens is 3. The van der Waals surface area contributed by atoms with Gasteiger partial charge in [0.2, 0.25) is 10.0 Å². The molecule has 0 radical (unpaired) electrons. The first kappa shape index (κ1) is 21.2. The van der Waals surface area contributed by atoms with E-state index in [0.29, 0.717) is 36.2 Å². The number of hydrogen-bond acceptors (Lipinski definition) is 6. The second-order valence-corrected chi connectivity index (χ2v) is 9.02. The van der Waals surface area contributed by atoms with E-state index in [2.05, 4.69) is 14.9 Å². The number of methoxy groups -OCH3 is 1. The number of rotatable bonds is 11. The second-order valence-electron chi connectivity index (χ2n) is 5.51. The molecule has 0 fully saturated rings. The molecule has 2 rings (SSSR count). The number of hydrogen-bond donors (Lipinski definition) is 1. The Hall–Kier alpha value is -1.13. The van der Waals surface area contributed by atoms with Crippen LogP contribution in [0.25, 0.3) is 11.4 Å². The summed E-state index contributed by atoms with van der Waals surface area (Å²) in [6.07, 6.45) is 1.34. The minimum atomic E-state index is -3.19. The molecule has 26 heavy (non-hydrogen) atoms. The van der Waals surface area contributed by atoms with Crippen LogP contribution in [-0.4, -0.2) is 55.5 Å². The molecule has 2 aromatic rings. The number of halogens is 1. The predicted molar refractivity (Wildman–Crippen MR) is 105 cm³/mol. The van der Waals surface area contributed by atoms with E-state index < -0.39 is 10.0 Å². The number of ether oxygens (including phenoxy) is 1. The number of sulfonamides is 1. The van der Waals surface area contributed by atoms with Gasteiger partial charge in [0.1, 0.15) is 0 Å². The van der Waals surface area contributed by atoms with Gasteiger partial charge >= 0.3 is 0 Å². The van der Waals surface area contributed by atoms with Gasteiger partial charge in [-0.1, -0.05) is 35.5 Å². The Labute approximate surface area is 163 Å². The summed E-state index contributed by atoms with van der Waals surface area (Å²) in [5, 5.41) is 9.95. The average molecular weight is 419 g/mol. The van der Waals surface area contributed by atoms with Crippen LogP contribution in [0.2, 0.25) is 5.02 Å². The van der Waals surface area contributed by atoms with Crippen LogP contribution in [0.5, 0.6) is 0 Å². The van der Waals surface area contributed by atoms with E-state index >= 15 is 0 Å². The van der Waals surface area contributed by atoms with Gasteiger partial charge in [-0.15, -0.1) is 10.2 Å². The molecular formula is C16H23ClN4O3S2. The van der Waals surface area contributed by atoms with E-state index in [9.17, 15) is 8.42 Å². The standard InChI is InChI=1S/C16H23ClN4O3S2/c1-18-26(22,23)12-6-11-25-16-20-19-15(21(16)9-5-10-24-2)13-7-3-4-8-14(13)17/h3-4,7-8,18H,5-6,9-12H2,1-2H3. The molecule has 0 amide bonds. The first-order valence-electron chi connectivity index (χ1n) is 8.19. The lowest BCUT2D eigenvalue weighted by molar-refractivity contribution is 0.189. The van der Waals surface area contributed by atoms with Crippen LogP contribution in [0.15, 0.2) is 29.4 Å². The van der Waals surface area contributed by atoms with Gasteiger partial charge in [0.15, 0.2) is 11.0 Å². The minimum absolute atomic E-state index is 0.0890. The van der Waals surface area contributed by atoms with Gasteiger partial charge < -0.3 is 9.30 Å². The summed E-state index contributed by atoms with van der Waals surface area (Å²) in [7, 11) is -0.0981. The van der Waals surface area contributed by atoms with E-state index in [-0.39, 0.29) is 5.75 Å². The predicted octanol–water partition coefficient (Wildman–Crippen LogP) is 2.67. The summed E-state index contributed by atoms with van der Waals surface area (Å²) < 4.78 is 32.5. The van der Waals surface area contributed by atoms with Crippen LogP contribution in [-0.2, 0) is 21.3 Å². The van der Waals surface area contributed by atoms with Crippen molar-refractivity contribution in [2.45, 2.75) is 24.5 Å². The molecule has 0 saturated carbocycles. The summed E-state index contributed by atoms with van der Waals surface area (Å²) in [6, 6.07) is 7.51. The van der Waals surface area contributed by atoms with Gasteiger partial charge in [-0.05, 0) is 32.0 Å². The van der Waals surface area contributed by atoms with E-state index in [1.54, 1.807) is 7.11 Å². The average Bonchev–Trinajstić information content (AvgIpc) is 3.02. The van der Waals surface area contributed by atoms with Crippen molar-refractivity contribution in [3.63, 3.8) is 0 Å². The maximum atomic E-state index is 11.5. The molecule has 10 heteroatoms. The highest BCUT2D eigenvalue weighted by molar-refractivity contribution is 7.99. The number of nitrogens with one attached hydrogen (secondary N) is 1. The van der Waals surface area contributed by atoms with Crippen molar-refractivity contribution in [3.05, 3.63) is 29.3 Å². The van der Waals surface area contributed by atoms with Gasteiger partial charge in [0, 0.05) is 31.6 Å². The molecule has 144 valence electrons. The van der Waals surface area contributed by atoms with Crippen molar-refractivity contribution in [1.82, 2.24) is 19.5 Å². The summed E-state index contributed by atoms with van der Waals surface area (Å²) in [5.41, 5.74) is 0.823. The maximum absolute atomic E-state index is 11.5. The molecule has 0 bridgehead atoms. The lowest BCUT2D eigenvalue weighted by Gasteiger charge is -2.11. The van der Waals surface area contributed by atoms with Gasteiger partial charge in [-0.2, -0.15) is 0 Å². The Morgan fingerprint density at radius 1 is 1.27 bits per heavy atom. The molecule has 0 aliphatic heterocycles. The monoisotopic (exact) mass is 418 g/mol. The van der Waals surface area contributed by atoms with Crippen LogP contribution in [0, 0.1) is 0 Å². The third-order valence-corrected chi connectivity index (χ3v) is 6.49. The minimum Gasteiger partial charge on any atom is -0.385 e. The van der Waals surface area contributed by atoms with Gasteiger partial charge in [0.25, 0.3) is 0 Å². The fraction of sp³-hybridized carbons (Fsp3) is 0.500. The Bertz CT molecular complexity index is 812. The van der Waals surface area contributed by atoms with E-state index in [1.807, 2.05) is 28.8 Å². The van der Waals surface area contributed by atoms with Gasteiger partial charge in [-0.25, -0.2) is 13.1 Å². The molecule has 0 spiro atoms. The SMILES string of the molecule is CNS(=O)(=O)CCCSc1nnc(-c2ccccc2Cl)n1CCCOC. The Morgan fingerprint density at radius 3 is 2.73 bits per heavy atom. The highest BCUT2D eigenvalue weighted by Gasteiger charge is 2.16. The number of benzene rings is 1. The molecule has 1 aromatic heterocycles. The van der Waals surface area contributed by atoms with Crippen LogP contribution in [0.1, 0.15) is 12.8 Å². The molecule has 0 saturated heterocycles. The summed E-state index contributed by atoms with van der Waals surface area (Å²) in [5.74, 6) is 1.43. The van der Waals surface area contributed by atoms with Crippen LogP contribution in [0.4, 0.5) is 0 Å². The molecule has 0 aliphatic rings. The Kier molecular flexibility index (Phi) is 8.36. The van der Waals surface area contributed by atoms with Gasteiger partial charge in [0.05, 0.1) is 10.8 Å². The lowest BCUT2D eigenvalue weighted by atomic mass is 10.2. The van der Waals surface area contributed by atoms with Crippen molar-refractivity contribution >= 4 is 33.4 Å². The zero-order valence-electron chi connectivity index (χ0n) is 14.8. The zero-order chi connectivity index (χ0) is 19.0. The summed E-state index contributed by atoms with van der Waals surface area (Å²) >= 11 is 7.80. The zero-order valence-corrected chi connectivity index (χ0v) is 17.2. The topological polar surface area (TPSA) is 86.1 Å². The highest BCUT2D eigenvalue weighted by atomic mass is 35.5. The first-order valence-corrected chi connectivity index (χ1v) is 11.2. The molecule has 0 atom stereocenters. The largest absolute Gasteiger partial charge is 0.385 e. The molecule has 7 nitrogen and oxygen atoms in total.